The number of rotatable bonds is 6. The van der Waals surface area contributed by atoms with E-state index in [0.717, 1.165) is 34.4 Å². The third kappa shape index (κ3) is 3.65. The molecular weight excluding hydrogens is 344 g/mol. The van der Waals surface area contributed by atoms with Crippen LogP contribution in [0.4, 0.5) is 0 Å². The molecule has 0 aliphatic carbocycles. The summed E-state index contributed by atoms with van der Waals surface area (Å²) in [6.45, 7) is 8.94. The van der Waals surface area contributed by atoms with E-state index in [1.54, 1.807) is 11.3 Å². The number of amides is 1. The average molecular weight is 371 g/mol. The van der Waals surface area contributed by atoms with Gasteiger partial charge in [0.25, 0.3) is 0 Å². The van der Waals surface area contributed by atoms with Gasteiger partial charge in [0.05, 0.1) is 5.69 Å². The van der Waals surface area contributed by atoms with E-state index in [0.29, 0.717) is 19.4 Å². The van der Waals surface area contributed by atoms with Gasteiger partial charge in [-0.05, 0) is 68.7 Å². The van der Waals surface area contributed by atoms with Gasteiger partial charge in [0.15, 0.2) is 5.65 Å². The minimum Gasteiger partial charge on any atom is -0.356 e. The smallest absolute Gasteiger partial charge is 0.220 e. The van der Waals surface area contributed by atoms with E-state index in [1.807, 2.05) is 25.6 Å². The molecule has 1 amide bonds. The van der Waals surface area contributed by atoms with Crippen LogP contribution in [0.25, 0.3) is 11.0 Å². The minimum absolute atomic E-state index is 0.0982. The van der Waals surface area contributed by atoms with E-state index in [4.69, 9.17) is 4.98 Å². The summed E-state index contributed by atoms with van der Waals surface area (Å²) < 4.78 is 1.83. The van der Waals surface area contributed by atoms with E-state index in [-0.39, 0.29) is 5.91 Å². The Hall–Kier alpha value is -2.21. The molecule has 1 N–H and O–H groups in total. The highest BCUT2D eigenvalue weighted by molar-refractivity contribution is 7.10. The summed E-state index contributed by atoms with van der Waals surface area (Å²) in [7, 11) is 1.92. The van der Waals surface area contributed by atoms with E-state index in [9.17, 15) is 4.79 Å². The first kappa shape index (κ1) is 18.6. The third-order valence-electron chi connectivity index (χ3n) is 4.97. The Labute approximate surface area is 158 Å². The highest BCUT2D eigenvalue weighted by Crippen LogP contribution is 2.26. The van der Waals surface area contributed by atoms with Crippen LogP contribution in [0.15, 0.2) is 11.4 Å². The van der Waals surface area contributed by atoms with Gasteiger partial charge >= 0.3 is 0 Å². The minimum atomic E-state index is 0.0982. The van der Waals surface area contributed by atoms with Crippen molar-refractivity contribution in [2.45, 2.75) is 47.0 Å². The summed E-state index contributed by atoms with van der Waals surface area (Å²) in [5.41, 5.74) is 6.56. The van der Waals surface area contributed by atoms with Crippen molar-refractivity contribution in [1.82, 2.24) is 20.1 Å². The van der Waals surface area contributed by atoms with Crippen LogP contribution in [0, 0.1) is 27.7 Å². The average Bonchev–Trinajstić information content (AvgIpc) is 3.10. The van der Waals surface area contributed by atoms with Crippen LogP contribution in [-0.2, 0) is 24.7 Å². The highest BCUT2D eigenvalue weighted by atomic mass is 32.1. The number of pyridine rings is 1. The van der Waals surface area contributed by atoms with Crippen LogP contribution in [0.1, 0.15) is 39.4 Å². The predicted molar refractivity (Wildman–Crippen MR) is 107 cm³/mol. The van der Waals surface area contributed by atoms with Gasteiger partial charge in [-0.1, -0.05) is 0 Å². The third-order valence-corrected chi connectivity index (χ3v) is 6.06. The number of carbonyl (C=O) groups is 1. The van der Waals surface area contributed by atoms with Gasteiger partial charge in [0.2, 0.25) is 5.91 Å². The van der Waals surface area contributed by atoms with Crippen LogP contribution in [0.2, 0.25) is 0 Å². The molecule has 0 aromatic carbocycles. The maximum Gasteiger partial charge on any atom is 0.220 e. The maximum absolute atomic E-state index is 12.2. The number of nitrogens with zero attached hydrogens (tertiary/aromatic N) is 3. The second kappa shape index (κ2) is 7.58. The van der Waals surface area contributed by atoms with Gasteiger partial charge in [-0.25, -0.2) is 4.98 Å². The molecule has 0 unspecified atom stereocenters. The molecule has 3 aromatic rings. The van der Waals surface area contributed by atoms with Crippen molar-refractivity contribution < 1.29 is 4.79 Å². The Bertz CT molecular complexity index is 955. The Morgan fingerprint density at radius 2 is 1.96 bits per heavy atom. The molecule has 0 fully saturated rings. The fourth-order valence-corrected chi connectivity index (χ4v) is 4.44. The molecule has 0 saturated carbocycles. The number of aryl methyl sites for hydroxylation is 5. The topological polar surface area (TPSA) is 59.8 Å². The first-order chi connectivity index (χ1) is 12.4. The summed E-state index contributed by atoms with van der Waals surface area (Å²) in [6, 6.07) is 2.12. The van der Waals surface area contributed by atoms with Gasteiger partial charge in [-0.2, -0.15) is 5.10 Å². The maximum atomic E-state index is 12.2. The summed E-state index contributed by atoms with van der Waals surface area (Å²) in [4.78, 5) is 18.3. The molecule has 3 heterocycles. The van der Waals surface area contributed by atoms with Crippen LogP contribution >= 0.6 is 11.3 Å². The molecule has 0 aliphatic heterocycles. The molecule has 0 radical (unpaired) electrons. The fourth-order valence-electron chi connectivity index (χ4n) is 3.53. The molecule has 5 nitrogen and oxygen atoms in total. The van der Waals surface area contributed by atoms with Crippen LogP contribution < -0.4 is 5.32 Å². The second-order valence-corrected chi connectivity index (χ2v) is 7.84. The molecule has 3 aromatic heterocycles. The summed E-state index contributed by atoms with van der Waals surface area (Å²) in [6.07, 6.45) is 2.09. The largest absolute Gasteiger partial charge is 0.356 e. The van der Waals surface area contributed by atoms with E-state index in [1.165, 1.54) is 16.0 Å². The zero-order valence-corrected chi connectivity index (χ0v) is 17.0. The van der Waals surface area contributed by atoms with Crippen molar-refractivity contribution in [2.24, 2.45) is 7.05 Å². The molecule has 26 heavy (non-hydrogen) atoms. The molecule has 0 atom stereocenters. The SMILES string of the molecule is Cc1ccsc1CCNC(=O)CCc1c(C)nc2c(c(C)nn2C)c1C. The van der Waals surface area contributed by atoms with Crippen molar-refractivity contribution in [1.29, 1.82) is 0 Å². The zero-order chi connectivity index (χ0) is 18.8. The standard InChI is InChI=1S/C20H26N4OS/c1-12-9-11-26-17(12)8-10-21-18(25)7-6-16-13(2)19-15(4)23-24(5)20(19)22-14(16)3/h9,11H,6-8,10H2,1-5H3,(H,21,25). The summed E-state index contributed by atoms with van der Waals surface area (Å²) in [5.74, 6) is 0.0982. The van der Waals surface area contributed by atoms with Crippen molar-refractivity contribution in [3.8, 4) is 0 Å². The summed E-state index contributed by atoms with van der Waals surface area (Å²) >= 11 is 1.75. The predicted octanol–water partition coefficient (Wildman–Crippen LogP) is 3.55. The van der Waals surface area contributed by atoms with Gasteiger partial charge in [-0.3, -0.25) is 9.48 Å². The molecule has 0 bridgehead atoms. The quantitative estimate of drug-likeness (QED) is 0.722. The molecule has 138 valence electrons. The molecule has 6 heteroatoms. The van der Waals surface area contributed by atoms with Gasteiger partial charge in [-0.15, -0.1) is 11.3 Å². The molecule has 0 spiro atoms. The molecule has 0 aliphatic rings. The van der Waals surface area contributed by atoms with Crippen LogP contribution in [0.3, 0.4) is 0 Å². The first-order valence-corrected chi connectivity index (χ1v) is 9.85. The van der Waals surface area contributed by atoms with Crippen molar-refractivity contribution >= 4 is 28.3 Å². The Morgan fingerprint density at radius 3 is 2.65 bits per heavy atom. The monoisotopic (exact) mass is 370 g/mol. The van der Waals surface area contributed by atoms with E-state index >= 15 is 0 Å². The number of nitrogens with one attached hydrogen (secondary N) is 1. The fraction of sp³-hybridized carbons (Fsp3) is 0.450. The van der Waals surface area contributed by atoms with Gasteiger partial charge in [0.1, 0.15) is 0 Å². The van der Waals surface area contributed by atoms with Gasteiger partial charge in [0, 0.05) is 36.0 Å². The number of hydrogen-bond acceptors (Lipinski definition) is 4. The van der Waals surface area contributed by atoms with E-state index in [2.05, 4.69) is 35.7 Å². The molecule has 0 saturated heterocycles. The Morgan fingerprint density at radius 1 is 1.19 bits per heavy atom. The number of fused-ring (bicyclic) bond motifs is 1. The van der Waals surface area contributed by atoms with Crippen LogP contribution in [0.5, 0.6) is 0 Å². The zero-order valence-electron chi connectivity index (χ0n) is 16.1. The lowest BCUT2D eigenvalue weighted by Crippen LogP contribution is -2.26. The number of carbonyl (C=O) groups excluding carboxylic acids is 1. The second-order valence-electron chi connectivity index (χ2n) is 6.84. The molecule has 3 rings (SSSR count). The summed E-state index contributed by atoms with van der Waals surface area (Å²) in [5, 5.41) is 10.7. The highest BCUT2D eigenvalue weighted by Gasteiger charge is 2.16. The lowest BCUT2D eigenvalue weighted by Gasteiger charge is -2.11. The number of hydrogen-bond donors (Lipinski definition) is 1. The van der Waals surface area contributed by atoms with Gasteiger partial charge < -0.3 is 5.32 Å². The van der Waals surface area contributed by atoms with E-state index < -0.39 is 0 Å². The van der Waals surface area contributed by atoms with Crippen molar-refractivity contribution in [3.63, 3.8) is 0 Å². The normalized spacial score (nSPS) is 11.3. The van der Waals surface area contributed by atoms with Crippen molar-refractivity contribution in [2.75, 3.05) is 6.54 Å². The Balaban J connectivity index is 1.63. The Kier molecular flexibility index (Phi) is 5.41. The number of aromatic nitrogens is 3. The van der Waals surface area contributed by atoms with Crippen molar-refractivity contribution in [3.05, 3.63) is 44.4 Å². The lowest BCUT2D eigenvalue weighted by atomic mass is 9.99. The lowest BCUT2D eigenvalue weighted by molar-refractivity contribution is -0.121. The molecular formula is C20H26N4OS. The first-order valence-electron chi connectivity index (χ1n) is 8.97. The van der Waals surface area contributed by atoms with Crippen LogP contribution in [-0.4, -0.2) is 27.2 Å². The number of thiophene rings is 1.